The van der Waals surface area contributed by atoms with Crippen molar-refractivity contribution in [2.24, 2.45) is 7.05 Å². The molecule has 0 N–H and O–H groups in total. The molecule has 0 aliphatic heterocycles. The number of nitrogens with zero attached hydrogens (tertiary/aromatic N) is 1. The van der Waals surface area contributed by atoms with E-state index in [9.17, 15) is 0 Å². The van der Waals surface area contributed by atoms with Gasteiger partial charge in [0, 0.05) is 32.3 Å². The second kappa shape index (κ2) is 4.40. The first-order valence-electron chi connectivity index (χ1n) is 6.59. The Morgan fingerprint density at radius 3 is 2.35 bits per heavy atom. The predicted molar refractivity (Wildman–Crippen MR) is 88.6 cm³/mol. The van der Waals surface area contributed by atoms with Crippen LogP contribution in [-0.2, 0) is 7.05 Å². The SMILES string of the molecule is Cc1c(-c2cccc[n+]2C)c2sccc2c2ccsc12. The number of hydrogen-bond donors (Lipinski definition) is 0. The van der Waals surface area contributed by atoms with Crippen molar-refractivity contribution in [2.45, 2.75) is 6.92 Å². The minimum atomic E-state index is 1.28. The lowest BCUT2D eigenvalue weighted by molar-refractivity contribution is -0.660. The van der Waals surface area contributed by atoms with Crippen molar-refractivity contribution in [3.8, 4) is 11.3 Å². The van der Waals surface area contributed by atoms with E-state index in [-0.39, 0.29) is 0 Å². The zero-order chi connectivity index (χ0) is 13.7. The van der Waals surface area contributed by atoms with Gasteiger partial charge in [0.2, 0.25) is 5.69 Å². The number of thiophene rings is 2. The quantitative estimate of drug-likeness (QED) is 0.439. The van der Waals surface area contributed by atoms with E-state index >= 15 is 0 Å². The molecule has 3 heterocycles. The van der Waals surface area contributed by atoms with Crippen LogP contribution in [0.4, 0.5) is 0 Å². The first-order chi connectivity index (χ1) is 9.77. The van der Waals surface area contributed by atoms with E-state index in [1.165, 1.54) is 37.0 Å². The van der Waals surface area contributed by atoms with Gasteiger partial charge in [-0.15, -0.1) is 22.7 Å². The summed E-state index contributed by atoms with van der Waals surface area (Å²) >= 11 is 3.68. The maximum absolute atomic E-state index is 2.25. The molecule has 0 amide bonds. The normalized spacial score (nSPS) is 11.5. The first-order valence-corrected chi connectivity index (χ1v) is 8.35. The van der Waals surface area contributed by atoms with E-state index in [0.717, 1.165) is 0 Å². The van der Waals surface area contributed by atoms with Crippen molar-refractivity contribution < 1.29 is 4.57 Å². The zero-order valence-electron chi connectivity index (χ0n) is 11.4. The molecule has 4 rings (SSSR count). The molecule has 3 aromatic heterocycles. The van der Waals surface area contributed by atoms with Gasteiger partial charge in [-0.1, -0.05) is 0 Å². The van der Waals surface area contributed by atoms with Crippen molar-refractivity contribution >= 4 is 42.8 Å². The van der Waals surface area contributed by atoms with Gasteiger partial charge in [-0.25, -0.2) is 4.57 Å². The predicted octanol–water partition coefficient (Wildman–Crippen LogP) is 4.92. The summed E-state index contributed by atoms with van der Waals surface area (Å²) in [6.45, 7) is 2.25. The Morgan fingerprint density at radius 1 is 0.900 bits per heavy atom. The Hall–Kier alpha value is -1.71. The summed E-state index contributed by atoms with van der Waals surface area (Å²) in [6.07, 6.45) is 2.12. The van der Waals surface area contributed by atoms with Crippen molar-refractivity contribution in [3.63, 3.8) is 0 Å². The molecular weight excluding hydrogens is 282 g/mol. The molecule has 3 heteroatoms. The van der Waals surface area contributed by atoms with Crippen LogP contribution in [0.25, 0.3) is 31.4 Å². The van der Waals surface area contributed by atoms with Crippen LogP contribution in [0.2, 0.25) is 0 Å². The average molecular weight is 296 g/mol. The Kier molecular flexibility index (Phi) is 2.65. The van der Waals surface area contributed by atoms with E-state index in [4.69, 9.17) is 0 Å². The molecule has 0 radical (unpaired) electrons. The van der Waals surface area contributed by atoms with Crippen LogP contribution < -0.4 is 4.57 Å². The summed E-state index contributed by atoms with van der Waals surface area (Å²) in [5.41, 5.74) is 4.06. The maximum Gasteiger partial charge on any atom is 0.214 e. The second-order valence-corrected chi connectivity index (χ2v) is 6.86. The highest BCUT2D eigenvalue weighted by atomic mass is 32.1. The van der Waals surface area contributed by atoms with Gasteiger partial charge in [-0.2, -0.15) is 0 Å². The lowest BCUT2D eigenvalue weighted by Crippen LogP contribution is -2.30. The number of benzene rings is 1. The fourth-order valence-corrected chi connectivity index (χ4v) is 4.85. The lowest BCUT2D eigenvalue weighted by Gasteiger charge is -2.08. The lowest BCUT2D eigenvalue weighted by atomic mass is 10.00. The van der Waals surface area contributed by atoms with Crippen molar-refractivity contribution in [1.29, 1.82) is 0 Å². The first kappa shape index (κ1) is 12.1. The molecule has 0 fully saturated rings. The summed E-state index contributed by atoms with van der Waals surface area (Å²) < 4.78 is 5.02. The van der Waals surface area contributed by atoms with Gasteiger partial charge in [0.15, 0.2) is 6.20 Å². The highest BCUT2D eigenvalue weighted by Crippen LogP contribution is 2.42. The van der Waals surface area contributed by atoms with Crippen LogP contribution in [0.5, 0.6) is 0 Å². The monoisotopic (exact) mass is 296 g/mol. The third kappa shape index (κ3) is 1.57. The summed E-state index contributed by atoms with van der Waals surface area (Å²) in [6, 6.07) is 10.9. The largest absolute Gasteiger partial charge is 0.214 e. The molecule has 98 valence electrons. The third-order valence-electron chi connectivity index (χ3n) is 3.87. The molecule has 1 aromatic carbocycles. The summed E-state index contributed by atoms with van der Waals surface area (Å²) in [5, 5.41) is 7.18. The van der Waals surface area contributed by atoms with Gasteiger partial charge in [-0.05, 0) is 41.4 Å². The molecule has 0 spiro atoms. The highest BCUT2D eigenvalue weighted by Gasteiger charge is 2.20. The van der Waals surface area contributed by atoms with Crippen LogP contribution in [0.15, 0.2) is 47.3 Å². The van der Waals surface area contributed by atoms with Crippen LogP contribution in [0.3, 0.4) is 0 Å². The van der Waals surface area contributed by atoms with Gasteiger partial charge in [0.1, 0.15) is 7.05 Å². The molecule has 0 saturated heterocycles. The Labute approximate surface area is 125 Å². The van der Waals surface area contributed by atoms with Gasteiger partial charge < -0.3 is 0 Å². The van der Waals surface area contributed by atoms with Gasteiger partial charge in [0.25, 0.3) is 0 Å². The zero-order valence-corrected chi connectivity index (χ0v) is 13.0. The Balaban J connectivity index is 2.24. The summed E-state index contributed by atoms with van der Waals surface area (Å²) in [7, 11) is 2.12. The van der Waals surface area contributed by atoms with E-state index in [1.54, 1.807) is 0 Å². The number of fused-ring (bicyclic) bond motifs is 3. The van der Waals surface area contributed by atoms with Crippen molar-refractivity contribution in [2.75, 3.05) is 0 Å². The molecule has 4 aromatic rings. The summed E-state index contributed by atoms with van der Waals surface area (Å²) in [4.78, 5) is 0. The molecule has 0 aliphatic rings. The fourth-order valence-electron chi connectivity index (χ4n) is 2.90. The van der Waals surface area contributed by atoms with E-state index < -0.39 is 0 Å². The average Bonchev–Trinajstić information content (AvgIpc) is 3.08. The molecular formula is C17H14NS2+. The fraction of sp³-hybridized carbons (Fsp3) is 0.118. The molecule has 0 aliphatic carbocycles. The van der Waals surface area contributed by atoms with Crippen LogP contribution >= 0.6 is 22.7 Å². The van der Waals surface area contributed by atoms with Crippen molar-refractivity contribution in [1.82, 2.24) is 0 Å². The smallest absolute Gasteiger partial charge is 0.201 e. The van der Waals surface area contributed by atoms with Crippen LogP contribution in [0, 0.1) is 6.92 Å². The number of rotatable bonds is 1. The maximum atomic E-state index is 2.25. The van der Waals surface area contributed by atoms with E-state index in [2.05, 4.69) is 65.8 Å². The second-order valence-electron chi connectivity index (χ2n) is 5.02. The van der Waals surface area contributed by atoms with Crippen molar-refractivity contribution in [3.05, 3.63) is 52.9 Å². The van der Waals surface area contributed by atoms with E-state index in [0.29, 0.717) is 0 Å². The third-order valence-corrected chi connectivity index (χ3v) is 5.84. The molecule has 0 unspecified atom stereocenters. The van der Waals surface area contributed by atoms with Crippen LogP contribution in [-0.4, -0.2) is 0 Å². The molecule has 0 saturated carbocycles. The number of pyridine rings is 1. The topological polar surface area (TPSA) is 3.88 Å². The Bertz CT molecular complexity index is 931. The summed E-state index contributed by atoms with van der Waals surface area (Å²) in [5.74, 6) is 0. The standard InChI is InChI=1S/C17H14NS2/c1-11-15(14-5-3-4-8-18(14)2)17-13(7-10-20-17)12-6-9-19-16(11)12/h3-10H,1-2H3/q+1. The number of aryl methyl sites for hydroxylation is 2. The van der Waals surface area contributed by atoms with Gasteiger partial charge >= 0.3 is 0 Å². The molecule has 20 heavy (non-hydrogen) atoms. The number of aromatic nitrogens is 1. The molecule has 0 bridgehead atoms. The molecule has 0 atom stereocenters. The van der Waals surface area contributed by atoms with Gasteiger partial charge in [-0.3, -0.25) is 0 Å². The van der Waals surface area contributed by atoms with Crippen LogP contribution in [0.1, 0.15) is 5.56 Å². The minimum Gasteiger partial charge on any atom is -0.201 e. The number of hydrogen-bond acceptors (Lipinski definition) is 2. The van der Waals surface area contributed by atoms with Gasteiger partial charge in [0.05, 0.1) is 5.56 Å². The Morgan fingerprint density at radius 2 is 1.60 bits per heavy atom. The minimum absolute atomic E-state index is 1.28. The molecule has 1 nitrogen and oxygen atoms in total. The highest BCUT2D eigenvalue weighted by molar-refractivity contribution is 7.19. The van der Waals surface area contributed by atoms with E-state index in [1.807, 2.05) is 22.7 Å².